The summed E-state index contributed by atoms with van der Waals surface area (Å²) in [7, 11) is 0. The summed E-state index contributed by atoms with van der Waals surface area (Å²) in [4.78, 5) is 22.1. The van der Waals surface area contributed by atoms with Gasteiger partial charge in [-0.2, -0.15) is 13.2 Å². The number of carbonyl (C=O) groups is 1. The predicted molar refractivity (Wildman–Crippen MR) is 158 cm³/mol. The molecule has 0 bridgehead atoms. The third-order valence-electron chi connectivity index (χ3n) is 7.96. The highest BCUT2D eigenvalue weighted by Crippen LogP contribution is 2.31. The summed E-state index contributed by atoms with van der Waals surface area (Å²) in [6.45, 7) is 7.13. The van der Waals surface area contributed by atoms with Crippen LogP contribution in [0.5, 0.6) is 0 Å². The molecule has 1 amide bonds. The van der Waals surface area contributed by atoms with Crippen LogP contribution in [-0.2, 0) is 12.7 Å². The Labute approximate surface area is 242 Å². The van der Waals surface area contributed by atoms with Crippen molar-refractivity contribution in [2.24, 2.45) is 0 Å². The molecule has 0 unspecified atom stereocenters. The Kier molecular flexibility index (Phi) is 7.33. The molecular weight excluding hydrogens is 537 g/mol. The Morgan fingerprint density at radius 1 is 0.833 bits per heavy atom. The van der Waals surface area contributed by atoms with Gasteiger partial charge < -0.3 is 9.30 Å². The molecule has 214 valence electrons. The molecule has 3 heterocycles. The molecule has 42 heavy (non-hydrogen) atoms. The first-order chi connectivity index (χ1) is 20.2. The highest BCUT2D eigenvalue weighted by molar-refractivity contribution is 5.94. The summed E-state index contributed by atoms with van der Waals surface area (Å²) < 4.78 is 41.0. The fourth-order valence-electron chi connectivity index (χ4n) is 5.58. The average Bonchev–Trinajstić information content (AvgIpc) is 3.36. The minimum absolute atomic E-state index is 0.249. The molecule has 0 atom stereocenters. The molecule has 5 aromatic rings. The number of pyridine rings is 1. The first kappa shape index (κ1) is 27.7. The minimum Gasteiger partial charge on any atom is -0.336 e. The molecule has 2 aromatic heterocycles. The zero-order valence-electron chi connectivity index (χ0n) is 23.5. The molecule has 0 aliphatic carbocycles. The number of aromatic nitrogens is 2. The third-order valence-corrected chi connectivity index (χ3v) is 7.96. The Hall–Kier alpha value is -4.43. The van der Waals surface area contributed by atoms with Gasteiger partial charge in [0, 0.05) is 50.0 Å². The smallest absolute Gasteiger partial charge is 0.336 e. The number of fused-ring (bicyclic) bond motifs is 1. The zero-order chi connectivity index (χ0) is 29.4. The van der Waals surface area contributed by atoms with Crippen LogP contribution >= 0.6 is 0 Å². The van der Waals surface area contributed by atoms with Crippen molar-refractivity contribution >= 4 is 11.6 Å². The van der Waals surface area contributed by atoms with E-state index < -0.39 is 11.7 Å². The Balaban J connectivity index is 1.26. The number of piperazine rings is 1. The second-order valence-electron chi connectivity index (χ2n) is 10.9. The van der Waals surface area contributed by atoms with Crippen molar-refractivity contribution in [3.05, 3.63) is 119 Å². The molecule has 1 saturated heterocycles. The van der Waals surface area contributed by atoms with Gasteiger partial charge in [0.15, 0.2) is 0 Å². The lowest BCUT2D eigenvalue weighted by atomic mass is 10.00. The van der Waals surface area contributed by atoms with Crippen molar-refractivity contribution in [1.29, 1.82) is 0 Å². The van der Waals surface area contributed by atoms with Crippen molar-refractivity contribution in [2.45, 2.75) is 26.6 Å². The molecule has 6 rings (SSSR count). The molecule has 5 nitrogen and oxygen atoms in total. The first-order valence-corrected chi connectivity index (χ1v) is 14.0. The lowest BCUT2D eigenvalue weighted by Gasteiger charge is -2.34. The van der Waals surface area contributed by atoms with Gasteiger partial charge in [-0.1, -0.05) is 54.1 Å². The second kappa shape index (κ2) is 11.1. The summed E-state index contributed by atoms with van der Waals surface area (Å²) in [5.41, 5.74) is 8.14. The number of rotatable bonds is 5. The summed E-state index contributed by atoms with van der Waals surface area (Å²) in [6, 6.07) is 25.2. The molecule has 0 radical (unpaired) electrons. The maximum absolute atomic E-state index is 13.0. The highest BCUT2D eigenvalue weighted by Gasteiger charge is 2.31. The Bertz CT molecular complexity index is 1740. The molecule has 0 N–H and O–H groups in total. The van der Waals surface area contributed by atoms with E-state index in [-0.39, 0.29) is 11.5 Å². The van der Waals surface area contributed by atoms with Crippen LogP contribution in [0.15, 0.2) is 91.1 Å². The molecule has 1 aliphatic heterocycles. The van der Waals surface area contributed by atoms with E-state index in [4.69, 9.17) is 4.98 Å². The van der Waals surface area contributed by atoms with E-state index in [1.165, 1.54) is 28.8 Å². The van der Waals surface area contributed by atoms with Gasteiger partial charge in [0.05, 0.1) is 17.0 Å². The van der Waals surface area contributed by atoms with E-state index >= 15 is 0 Å². The Morgan fingerprint density at radius 2 is 1.55 bits per heavy atom. The number of hydrogen-bond donors (Lipinski definition) is 0. The van der Waals surface area contributed by atoms with Gasteiger partial charge in [0.2, 0.25) is 0 Å². The van der Waals surface area contributed by atoms with Crippen molar-refractivity contribution in [3.8, 4) is 22.4 Å². The Morgan fingerprint density at radius 3 is 2.24 bits per heavy atom. The van der Waals surface area contributed by atoms with Gasteiger partial charge >= 0.3 is 6.18 Å². The van der Waals surface area contributed by atoms with Gasteiger partial charge in [0.25, 0.3) is 5.91 Å². The van der Waals surface area contributed by atoms with E-state index in [9.17, 15) is 18.0 Å². The number of alkyl halides is 3. The number of benzene rings is 3. The standard InChI is InChI=1S/C34H31F3N4O/c1-23-8-9-24(2)29(20-23)27-12-15-31-38-32(25-6-4-3-5-7-25)30(41(31)21-27)22-39-16-18-40(19-17-39)33(42)26-10-13-28(14-11-26)34(35,36)37/h3-15,20-21H,16-19,22H2,1-2H3. The molecule has 0 saturated carbocycles. The van der Waals surface area contributed by atoms with Crippen molar-refractivity contribution in [2.75, 3.05) is 26.2 Å². The van der Waals surface area contributed by atoms with E-state index in [2.05, 4.69) is 71.8 Å². The van der Waals surface area contributed by atoms with Gasteiger partial charge in [0.1, 0.15) is 5.65 Å². The number of halogens is 3. The SMILES string of the molecule is Cc1ccc(C)c(-c2ccc3nc(-c4ccccc4)c(CN4CCN(C(=O)c5ccc(C(F)(F)F)cc5)CC4)n3c2)c1. The van der Waals surface area contributed by atoms with E-state index in [0.29, 0.717) is 32.7 Å². The third kappa shape index (κ3) is 5.54. The van der Waals surface area contributed by atoms with E-state index in [1.54, 1.807) is 4.90 Å². The van der Waals surface area contributed by atoms with Crippen molar-refractivity contribution in [1.82, 2.24) is 19.2 Å². The van der Waals surface area contributed by atoms with Crippen LogP contribution in [0.4, 0.5) is 13.2 Å². The first-order valence-electron chi connectivity index (χ1n) is 14.0. The van der Waals surface area contributed by atoms with E-state index in [1.807, 2.05) is 18.2 Å². The van der Waals surface area contributed by atoms with Gasteiger partial charge in [-0.25, -0.2) is 4.98 Å². The minimum atomic E-state index is -4.43. The lowest BCUT2D eigenvalue weighted by Crippen LogP contribution is -2.48. The lowest BCUT2D eigenvalue weighted by molar-refractivity contribution is -0.137. The van der Waals surface area contributed by atoms with E-state index in [0.717, 1.165) is 40.3 Å². The summed E-state index contributed by atoms with van der Waals surface area (Å²) >= 11 is 0. The molecule has 1 aliphatic rings. The van der Waals surface area contributed by atoms with Crippen LogP contribution in [0.25, 0.3) is 28.0 Å². The monoisotopic (exact) mass is 568 g/mol. The zero-order valence-corrected chi connectivity index (χ0v) is 23.5. The predicted octanol–water partition coefficient (Wildman–Crippen LogP) is 7.26. The maximum atomic E-state index is 13.0. The van der Waals surface area contributed by atoms with Crippen LogP contribution in [-0.4, -0.2) is 51.3 Å². The molecular formula is C34H31F3N4O. The van der Waals surface area contributed by atoms with Gasteiger partial charge in [-0.3, -0.25) is 9.69 Å². The molecule has 1 fully saturated rings. The van der Waals surface area contributed by atoms with Crippen LogP contribution in [0.1, 0.15) is 32.7 Å². The quantitative estimate of drug-likeness (QED) is 0.224. The maximum Gasteiger partial charge on any atom is 0.416 e. The van der Waals surface area contributed by atoms with Gasteiger partial charge in [-0.05, 0) is 66.9 Å². The topological polar surface area (TPSA) is 40.9 Å². The summed E-state index contributed by atoms with van der Waals surface area (Å²) in [6.07, 6.45) is -2.26. The largest absolute Gasteiger partial charge is 0.416 e. The number of carbonyl (C=O) groups excluding carboxylic acids is 1. The summed E-state index contributed by atoms with van der Waals surface area (Å²) in [5, 5.41) is 0. The number of aryl methyl sites for hydroxylation is 2. The summed E-state index contributed by atoms with van der Waals surface area (Å²) in [5.74, 6) is -0.249. The van der Waals surface area contributed by atoms with Crippen LogP contribution in [0.3, 0.4) is 0 Å². The number of imidazole rings is 1. The number of amides is 1. The average molecular weight is 569 g/mol. The molecule has 8 heteroatoms. The molecule has 0 spiro atoms. The fraction of sp³-hybridized carbons (Fsp3) is 0.235. The van der Waals surface area contributed by atoms with Crippen molar-refractivity contribution < 1.29 is 18.0 Å². The fourth-order valence-corrected chi connectivity index (χ4v) is 5.58. The van der Waals surface area contributed by atoms with Crippen molar-refractivity contribution in [3.63, 3.8) is 0 Å². The van der Waals surface area contributed by atoms with Crippen LogP contribution in [0, 0.1) is 13.8 Å². The van der Waals surface area contributed by atoms with Crippen LogP contribution < -0.4 is 0 Å². The second-order valence-corrected chi connectivity index (χ2v) is 10.9. The normalized spacial score (nSPS) is 14.5. The number of hydrogen-bond acceptors (Lipinski definition) is 3. The highest BCUT2D eigenvalue weighted by atomic mass is 19.4. The van der Waals surface area contributed by atoms with Crippen LogP contribution in [0.2, 0.25) is 0 Å². The van der Waals surface area contributed by atoms with Gasteiger partial charge in [-0.15, -0.1) is 0 Å². The number of nitrogens with zero attached hydrogens (tertiary/aromatic N) is 4. The molecule has 3 aromatic carbocycles.